The minimum atomic E-state index is -3.55. The largest absolute Gasteiger partial charge is 0.495 e. The van der Waals surface area contributed by atoms with Crippen LogP contribution in [0.4, 0.5) is 0 Å². The van der Waals surface area contributed by atoms with Gasteiger partial charge in [-0.3, -0.25) is 4.90 Å². The van der Waals surface area contributed by atoms with Gasteiger partial charge in [-0.2, -0.15) is 4.31 Å². The maximum absolute atomic E-state index is 13.0. The number of methoxy groups -OCH3 is 1. The van der Waals surface area contributed by atoms with Crippen molar-refractivity contribution >= 4 is 16.1 Å². The highest BCUT2D eigenvalue weighted by Gasteiger charge is 2.30. The van der Waals surface area contributed by atoms with Crippen molar-refractivity contribution in [3.8, 4) is 5.75 Å². The zero-order chi connectivity index (χ0) is 19.3. The van der Waals surface area contributed by atoms with Gasteiger partial charge in [0.2, 0.25) is 10.0 Å². The second-order valence-electron chi connectivity index (χ2n) is 6.67. The van der Waals surface area contributed by atoms with Crippen molar-refractivity contribution in [1.82, 2.24) is 9.21 Å². The third-order valence-electron chi connectivity index (χ3n) is 4.74. The van der Waals surface area contributed by atoms with Crippen LogP contribution in [-0.4, -0.2) is 57.5 Å². The van der Waals surface area contributed by atoms with Crippen molar-refractivity contribution in [3.63, 3.8) is 0 Å². The fraction of sp³-hybridized carbons (Fsp3) is 0.333. The SMILES string of the molecule is COc1ccc(C)cc1S(=O)(=O)N1CCN(CC=Cc2ccccc2)CC1. The van der Waals surface area contributed by atoms with Crippen LogP contribution in [0.1, 0.15) is 11.1 Å². The van der Waals surface area contributed by atoms with Gasteiger partial charge in [-0.25, -0.2) is 8.42 Å². The number of rotatable bonds is 6. The van der Waals surface area contributed by atoms with Crippen molar-refractivity contribution in [2.24, 2.45) is 0 Å². The molecule has 0 bridgehead atoms. The van der Waals surface area contributed by atoms with Gasteiger partial charge in [0.05, 0.1) is 7.11 Å². The van der Waals surface area contributed by atoms with Gasteiger partial charge in [0.15, 0.2) is 0 Å². The lowest BCUT2D eigenvalue weighted by atomic mass is 10.2. The first kappa shape index (κ1) is 19.6. The zero-order valence-electron chi connectivity index (χ0n) is 15.8. The molecule has 2 aromatic rings. The molecule has 0 aliphatic carbocycles. The predicted molar refractivity (Wildman–Crippen MR) is 108 cm³/mol. The minimum Gasteiger partial charge on any atom is -0.495 e. The van der Waals surface area contributed by atoms with Gasteiger partial charge in [-0.05, 0) is 30.2 Å². The lowest BCUT2D eigenvalue weighted by Crippen LogP contribution is -2.48. The van der Waals surface area contributed by atoms with Gasteiger partial charge in [0, 0.05) is 32.7 Å². The van der Waals surface area contributed by atoms with Crippen molar-refractivity contribution in [1.29, 1.82) is 0 Å². The second-order valence-corrected chi connectivity index (χ2v) is 8.58. The topological polar surface area (TPSA) is 49.9 Å². The van der Waals surface area contributed by atoms with Crippen molar-refractivity contribution in [2.45, 2.75) is 11.8 Å². The Morgan fingerprint density at radius 2 is 1.74 bits per heavy atom. The summed E-state index contributed by atoms with van der Waals surface area (Å²) in [4.78, 5) is 2.52. The molecule has 0 radical (unpaired) electrons. The molecule has 6 heteroatoms. The van der Waals surface area contributed by atoms with E-state index in [1.807, 2.05) is 31.2 Å². The van der Waals surface area contributed by atoms with Gasteiger partial charge < -0.3 is 4.74 Å². The van der Waals surface area contributed by atoms with E-state index in [9.17, 15) is 8.42 Å². The van der Waals surface area contributed by atoms with Crippen LogP contribution in [0.3, 0.4) is 0 Å². The van der Waals surface area contributed by atoms with Gasteiger partial charge in [-0.1, -0.05) is 48.6 Å². The number of hydrogen-bond donors (Lipinski definition) is 0. The number of aryl methyl sites for hydroxylation is 1. The Kier molecular flexibility index (Phi) is 6.31. The average molecular weight is 387 g/mol. The molecule has 1 aliphatic heterocycles. The summed E-state index contributed by atoms with van der Waals surface area (Å²) in [7, 11) is -2.05. The number of ether oxygens (including phenoxy) is 1. The predicted octanol–water partition coefficient (Wildman–Crippen LogP) is 3.02. The number of benzene rings is 2. The van der Waals surface area contributed by atoms with E-state index in [-0.39, 0.29) is 4.90 Å². The van der Waals surface area contributed by atoms with Crippen LogP contribution < -0.4 is 4.74 Å². The van der Waals surface area contributed by atoms with Crippen LogP contribution >= 0.6 is 0 Å². The van der Waals surface area contributed by atoms with Crippen LogP contribution in [0.2, 0.25) is 0 Å². The summed E-state index contributed by atoms with van der Waals surface area (Å²) in [5.74, 6) is 0.397. The van der Waals surface area contributed by atoms with E-state index in [0.717, 1.165) is 12.1 Å². The maximum Gasteiger partial charge on any atom is 0.246 e. The van der Waals surface area contributed by atoms with E-state index < -0.39 is 10.0 Å². The summed E-state index contributed by atoms with van der Waals surface area (Å²) in [5.41, 5.74) is 2.07. The summed E-state index contributed by atoms with van der Waals surface area (Å²) in [6.07, 6.45) is 4.23. The second kappa shape index (κ2) is 8.69. The number of piperazine rings is 1. The van der Waals surface area contributed by atoms with E-state index >= 15 is 0 Å². The van der Waals surface area contributed by atoms with Gasteiger partial charge in [0.25, 0.3) is 0 Å². The average Bonchev–Trinajstić information content (AvgIpc) is 2.69. The Balaban J connectivity index is 1.61. The number of nitrogens with zero attached hydrogens (tertiary/aromatic N) is 2. The molecule has 1 fully saturated rings. The first-order chi connectivity index (χ1) is 13.0. The Labute approximate surface area is 161 Å². The molecule has 27 heavy (non-hydrogen) atoms. The van der Waals surface area contributed by atoms with E-state index in [0.29, 0.717) is 31.9 Å². The maximum atomic E-state index is 13.0. The third kappa shape index (κ3) is 4.77. The molecule has 5 nitrogen and oxygen atoms in total. The molecule has 144 valence electrons. The highest BCUT2D eigenvalue weighted by atomic mass is 32.2. The summed E-state index contributed by atoms with van der Waals surface area (Å²) < 4.78 is 32.9. The van der Waals surface area contributed by atoms with Crippen LogP contribution in [0, 0.1) is 6.92 Å². The smallest absolute Gasteiger partial charge is 0.246 e. The third-order valence-corrected chi connectivity index (χ3v) is 6.66. The fourth-order valence-electron chi connectivity index (χ4n) is 3.18. The van der Waals surface area contributed by atoms with Gasteiger partial charge in [-0.15, -0.1) is 0 Å². The zero-order valence-corrected chi connectivity index (χ0v) is 16.7. The molecule has 1 heterocycles. The Morgan fingerprint density at radius 1 is 1.04 bits per heavy atom. The van der Waals surface area contributed by atoms with Gasteiger partial charge >= 0.3 is 0 Å². The number of hydrogen-bond acceptors (Lipinski definition) is 4. The quantitative estimate of drug-likeness (QED) is 0.766. The number of sulfonamides is 1. The lowest BCUT2D eigenvalue weighted by Gasteiger charge is -2.33. The molecule has 0 amide bonds. The molecular formula is C21H26N2O3S. The molecule has 2 aromatic carbocycles. The molecule has 1 saturated heterocycles. The van der Waals surface area contributed by atoms with Crippen LogP contribution in [0.25, 0.3) is 6.08 Å². The summed E-state index contributed by atoms with van der Waals surface area (Å²) in [6.45, 7) is 5.10. The molecule has 1 aliphatic rings. The summed E-state index contributed by atoms with van der Waals surface area (Å²) in [6, 6.07) is 15.4. The van der Waals surface area contributed by atoms with Crippen LogP contribution in [0.5, 0.6) is 5.75 Å². The van der Waals surface area contributed by atoms with Gasteiger partial charge in [0.1, 0.15) is 10.6 Å². The standard InChI is InChI=1S/C21H26N2O3S/c1-18-10-11-20(26-2)21(17-18)27(24,25)23-15-13-22(14-16-23)12-6-9-19-7-4-3-5-8-19/h3-11,17H,12-16H2,1-2H3. The summed E-state index contributed by atoms with van der Waals surface area (Å²) >= 11 is 0. The molecule has 0 unspecified atom stereocenters. The molecule has 0 atom stereocenters. The minimum absolute atomic E-state index is 0.252. The molecule has 0 spiro atoms. The molecule has 3 rings (SSSR count). The van der Waals surface area contributed by atoms with Crippen molar-refractivity contribution < 1.29 is 13.2 Å². The Morgan fingerprint density at radius 3 is 2.41 bits per heavy atom. The Hall–Kier alpha value is -2.15. The fourth-order valence-corrected chi connectivity index (χ4v) is 4.84. The summed E-state index contributed by atoms with van der Waals surface area (Å²) in [5, 5.41) is 0. The highest BCUT2D eigenvalue weighted by molar-refractivity contribution is 7.89. The van der Waals surface area contributed by atoms with Crippen LogP contribution in [0.15, 0.2) is 59.5 Å². The lowest BCUT2D eigenvalue weighted by molar-refractivity contribution is 0.204. The highest BCUT2D eigenvalue weighted by Crippen LogP contribution is 2.28. The normalized spacial score (nSPS) is 16.7. The first-order valence-electron chi connectivity index (χ1n) is 9.09. The Bertz CT molecular complexity index is 887. The monoisotopic (exact) mass is 386 g/mol. The molecule has 0 saturated carbocycles. The van der Waals surface area contributed by atoms with Crippen LogP contribution in [-0.2, 0) is 10.0 Å². The van der Waals surface area contributed by atoms with E-state index in [4.69, 9.17) is 4.74 Å². The van der Waals surface area contributed by atoms with E-state index in [2.05, 4.69) is 29.2 Å². The van der Waals surface area contributed by atoms with Crippen molar-refractivity contribution in [2.75, 3.05) is 39.8 Å². The first-order valence-corrected chi connectivity index (χ1v) is 10.5. The van der Waals surface area contributed by atoms with E-state index in [1.165, 1.54) is 12.7 Å². The van der Waals surface area contributed by atoms with E-state index in [1.54, 1.807) is 16.4 Å². The molecule has 0 aromatic heterocycles. The molecule has 0 N–H and O–H groups in total. The van der Waals surface area contributed by atoms with Crippen molar-refractivity contribution in [3.05, 3.63) is 65.7 Å². The molecular weight excluding hydrogens is 360 g/mol.